The van der Waals surface area contributed by atoms with E-state index in [1.54, 1.807) is 41.4 Å². The van der Waals surface area contributed by atoms with E-state index < -0.39 is 0 Å². The van der Waals surface area contributed by atoms with Gasteiger partial charge in [-0.25, -0.2) is 4.84 Å². The molecule has 0 saturated carbocycles. The lowest BCUT2D eigenvalue weighted by molar-refractivity contribution is -0.875. The van der Waals surface area contributed by atoms with E-state index in [9.17, 15) is 0 Å². The summed E-state index contributed by atoms with van der Waals surface area (Å²) >= 11 is 0. The molecule has 0 aliphatic rings. The lowest BCUT2D eigenvalue weighted by Gasteiger charge is -1.97. The number of azide groups is 1. The molecule has 1 aromatic carbocycles. The van der Waals surface area contributed by atoms with Crippen molar-refractivity contribution in [3.8, 4) is 5.75 Å². The van der Waals surface area contributed by atoms with Crippen LogP contribution in [-0.2, 0) is 0 Å². The second-order valence-electron chi connectivity index (χ2n) is 3.01. The summed E-state index contributed by atoms with van der Waals surface area (Å²) in [6.45, 7) is 0. The average Bonchev–Trinajstić information content (AvgIpc) is 2.31. The number of hydrogen-bond acceptors (Lipinski definition) is 2. The quantitative estimate of drug-likeness (QED) is 0.334. The molecule has 0 fully saturated rings. The Balaban J connectivity index is 2.22. The number of pyridine rings is 1. The van der Waals surface area contributed by atoms with Crippen molar-refractivity contribution in [2.45, 2.75) is 0 Å². The molecule has 0 N–H and O–H groups in total. The van der Waals surface area contributed by atoms with Gasteiger partial charge in [-0.3, -0.25) is 0 Å². The van der Waals surface area contributed by atoms with Crippen LogP contribution in [-0.4, -0.2) is 0 Å². The smallest absolute Gasteiger partial charge is 0.223 e. The standard InChI is InChI=1S/C11H9N4O/c12-14-13-10-5-4-6-11(9-10)16-15-7-2-1-3-8-15/h1-9H/q+1. The first-order valence-corrected chi connectivity index (χ1v) is 4.68. The second kappa shape index (κ2) is 4.82. The molecule has 0 spiro atoms. The van der Waals surface area contributed by atoms with E-state index in [1.807, 2.05) is 18.2 Å². The van der Waals surface area contributed by atoms with E-state index in [0.29, 0.717) is 11.4 Å². The fourth-order valence-corrected chi connectivity index (χ4v) is 1.22. The summed E-state index contributed by atoms with van der Waals surface area (Å²) in [4.78, 5) is 8.22. The number of hydrogen-bond donors (Lipinski definition) is 0. The maximum absolute atomic E-state index is 8.31. The number of benzene rings is 1. The van der Waals surface area contributed by atoms with Crippen molar-refractivity contribution in [2.75, 3.05) is 0 Å². The lowest BCUT2D eigenvalue weighted by atomic mass is 10.3. The third-order valence-electron chi connectivity index (χ3n) is 1.88. The molecule has 1 heterocycles. The van der Waals surface area contributed by atoms with E-state index in [-0.39, 0.29) is 0 Å². The van der Waals surface area contributed by atoms with Crippen LogP contribution >= 0.6 is 0 Å². The Kier molecular flexibility index (Phi) is 3.01. The van der Waals surface area contributed by atoms with Crippen LogP contribution in [0.4, 0.5) is 5.69 Å². The predicted octanol–water partition coefficient (Wildman–Crippen LogP) is 2.76. The molecule has 2 aromatic rings. The Labute approximate surface area is 92.1 Å². The fraction of sp³-hybridized carbons (Fsp3) is 0. The molecule has 0 aliphatic carbocycles. The van der Waals surface area contributed by atoms with Crippen LogP contribution in [0.25, 0.3) is 10.4 Å². The summed E-state index contributed by atoms with van der Waals surface area (Å²) in [6.07, 6.45) is 3.56. The molecule has 0 unspecified atom stereocenters. The molecule has 0 aliphatic heterocycles. The monoisotopic (exact) mass is 213 g/mol. The van der Waals surface area contributed by atoms with Gasteiger partial charge >= 0.3 is 0 Å². The number of rotatable bonds is 3. The normalized spacial score (nSPS) is 9.25. The Bertz CT molecular complexity index is 521. The summed E-state index contributed by atoms with van der Waals surface area (Å²) in [7, 11) is 0. The zero-order valence-electron chi connectivity index (χ0n) is 8.39. The molecule has 0 atom stereocenters. The molecule has 0 radical (unpaired) electrons. The number of aromatic nitrogens is 1. The van der Waals surface area contributed by atoms with Crippen molar-refractivity contribution in [2.24, 2.45) is 5.11 Å². The van der Waals surface area contributed by atoms with Gasteiger partial charge in [0.05, 0.1) is 0 Å². The van der Waals surface area contributed by atoms with E-state index in [4.69, 9.17) is 10.4 Å². The van der Waals surface area contributed by atoms with Gasteiger partial charge in [-0.15, -0.1) is 0 Å². The van der Waals surface area contributed by atoms with Gasteiger partial charge in [0.2, 0.25) is 18.1 Å². The molecule has 78 valence electrons. The zero-order chi connectivity index (χ0) is 11.2. The van der Waals surface area contributed by atoms with Crippen LogP contribution in [0.2, 0.25) is 0 Å². The molecule has 0 saturated heterocycles. The summed E-state index contributed by atoms with van der Waals surface area (Å²) < 4.78 is 1.56. The van der Waals surface area contributed by atoms with Gasteiger partial charge < -0.3 is 0 Å². The minimum Gasteiger partial charge on any atom is -0.232 e. The molecule has 0 bridgehead atoms. The van der Waals surface area contributed by atoms with Gasteiger partial charge in [0.15, 0.2) is 0 Å². The summed E-state index contributed by atoms with van der Waals surface area (Å²) in [5, 5.41) is 3.50. The van der Waals surface area contributed by atoms with E-state index in [2.05, 4.69) is 10.0 Å². The average molecular weight is 213 g/mol. The molecule has 16 heavy (non-hydrogen) atoms. The van der Waals surface area contributed by atoms with E-state index >= 15 is 0 Å². The van der Waals surface area contributed by atoms with Gasteiger partial charge in [-0.05, 0) is 17.7 Å². The van der Waals surface area contributed by atoms with Crippen LogP contribution in [0.15, 0.2) is 60.0 Å². The van der Waals surface area contributed by atoms with E-state index in [1.165, 1.54) is 0 Å². The van der Waals surface area contributed by atoms with Crippen LogP contribution in [0, 0.1) is 0 Å². The minimum atomic E-state index is 0.525. The Hall–Kier alpha value is -2.52. The van der Waals surface area contributed by atoms with Crippen LogP contribution < -0.4 is 9.57 Å². The SMILES string of the molecule is [N-]=[N+]=Nc1cccc(O[n+]2ccccc2)c1. The van der Waals surface area contributed by atoms with E-state index in [0.717, 1.165) is 0 Å². The van der Waals surface area contributed by atoms with Gasteiger partial charge in [0.1, 0.15) is 0 Å². The summed E-state index contributed by atoms with van der Waals surface area (Å²) in [5.41, 5.74) is 8.84. The predicted molar refractivity (Wildman–Crippen MR) is 57.9 cm³/mol. The maximum atomic E-state index is 8.31. The Morgan fingerprint density at radius 2 is 1.94 bits per heavy atom. The highest BCUT2D eigenvalue weighted by Crippen LogP contribution is 2.19. The van der Waals surface area contributed by atoms with Crippen molar-refractivity contribution < 1.29 is 9.57 Å². The molecule has 1 aromatic heterocycles. The van der Waals surface area contributed by atoms with Crippen molar-refractivity contribution in [3.63, 3.8) is 0 Å². The Morgan fingerprint density at radius 1 is 1.12 bits per heavy atom. The van der Waals surface area contributed by atoms with Gasteiger partial charge in [-0.2, -0.15) is 0 Å². The van der Waals surface area contributed by atoms with Crippen LogP contribution in [0.5, 0.6) is 5.75 Å². The largest absolute Gasteiger partial charge is 0.232 e. The lowest BCUT2D eigenvalue weighted by Crippen LogP contribution is -2.38. The maximum Gasteiger partial charge on any atom is 0.223 e. The first kappa shape index (κ1) is 10.0. The molecule has 5 heteroatoms. The molecule has 2 rings (SSSR count). The van der Waals surface area contributed by atoms with Crippen LogP contribution in [0.3, 0.4) is 0 Å². The fourth-order valence-electron chi connectivity index (χ4n) is 1.22. The molecule has 5 nitrogen and oxygen atoms in total. The molecule has 0 amide bonds. The van der Waals surface area contributed by atoms with Gasteiger partial charge in [0.25, 0.3) is 0 Å². The minimum absolute atomic E-state index is 0.525. The summed E-state index contributed by atoms with van der Waals surface area (Å²) in [5.74, 6) is 0.612. The third-order valence-corrected chi connectivity index (χ3v) is 1.88. The first-order chi connectivity index (χ1) is 7.88. The second-order valence-corrected chi connectivity index (χ2v) is 3.01. The summed E-state index contributed by atoms with van der Waals surface area (Å²) in [6, 6.07) is 12.5. The molecular formula is C11H9N4O+. The van der Waals surface area contributed by atoms with Crippen molar-refractivity contribution in [1.29, 1.82) is 0 Å². The topological polar surface area (TPSA) is 61.9 Å². The van der Waals surface area contributed by atoms with Crippen molar-refractivity contribution in [3.05, 3.63) is 65.3 Å². The van der Waals surface area contributed by atoms with Crippen LogP contribution in [0.1, 0.15) is 0 Å². The third kappa shape index (κ3) is 2.50. The number of nitrogens with zero attached hydrogens (tertiary/aromatic N) is 4. The molecular weight excluding hydrogens is 204 g/mol. The zero-order valence-corrected chi connectivity index (χ0v) is 8.39. The highest BCUT2D eigenvalue weighted by atomic mass is 16.7. The van der Waals surface area contributed by atoms with Crippen molar-refractivity contribution >= 4 is 5.69 Å². The Morgan fingerprint density at radius 3 is 2.69 bits per heavy atom. The van der Waals surface area contributed by atoms with Gasteiger partial charge in [-0.1, -0.05) is 23.3 Å². The highest BCUT2D eigenvalue weighted by molar-refractivity contribution is 5.42. The van der Waals surface area contributed by atoms with Crippen molar-refractivity contribution in [1.82, 2.24) is 0 Å². The highest BCUT2D eigenvalue weighted by Gasteiger charge is 2.02. The first-order valence-electron chi connectivity index (χ1n) is 4.68. The van der Waals surface area contributed by atoms with Gasteiger partial charge in [0, 0.05) is 27.5 Å².